The van der Waals surface area contributed by atoms with Crippen LogP contribution in [0.2, 0.25) is 10.0 Å². The molecule has 0 saturated heterocycles. The predicted octanol–water partition coefficient (Wildman–Crippen LogP) is 3.95. The fourth-order valence-electron chi connectivity index (χ4n) is 2.83. The number of aromatic nitrogens is 3. The van der Waals surface area contributed by atoms with E-state index in [2.05, 4.69) is 36.5 Å². The van der Waals surface area contributed by atoms with Crippen molar-refractivity contribution < 1.29 is 14.3 Å². The molecule has 10 nitrogen and oxygen atoms in total. The molecule has 0 radical (unpaired) electrons. The number of alkyl carbamates (subject to hydrolysis) is 1. The van der Waals surface area contributed by atoms with E-state index in [1.54, 1.807) is 25.1 Å². The fourth-order valence-corrected chi connectivity index (χ4v) is 4.22. The number of hydrogen-bond acceptors (Lipinski definition) is 7. The van der Waals surface area contributed by atoms with E-state index >= 15 is 0 Å². The molecule has 0 aliphatic heterocycles. The summed E-state index contributed by atoms with van der Waals surface area (Å²) in [6, 6.07) is 4.64. The summed E-state index contributed by atoms with van der Waals surface area (Å²) in [5.41, 5.74) is 5.57. The number of nitrogens with two attached hydrogens (primary N) is 1. The summed E-state index contributed by atoms with van der Waals surface area (Å²) < 4.78 is 6.80. The number of nitrogen functional groups attached to an aromatic ring is 1. The van der Waals surface area contributed by atoms with E-state index in [4.69, 9.17) is 33.7 Å². The van der Waals surface area contributed by atoms with Crippen LogP contribution in [0.25, 0.3) is 5.69 Å². The Morgan fingerprint density at radius 1 is 1.21 bits per heavy atom. The van der Waals surface area contributed by atoms with Gasteiger partial charge in [-0.2, -0.15) is 0 Å². The summed E-state index contributed by atoms with van der Waals surface area (Å²) in [5, 5.41) is 5.23. The second-order valence-corrected chi connectivity index (χ2v) is 8.39. The quantitative estimate of drug-likeness (QED) is 0.432. The second-order valence-electron chi connectivity index (χ2n) is 6.66. The summed E-state index contributed by atoms with van der Waals surface area (Å²) in [4.78, 5) is 45.4. The molecular formula is C20H17BrCl2N6O4. The SMILES string of the molecule is CNC(=O)O[C@@H](C)c1cncc(NC(=O)c2c(N)ncn(-c3c(Cl)cc(Br)cc3Cl)c2=O)c1. The zero-order valence-corrected chi connectivity index (χ0v) is 20.3. The van der Waals surface area contributed by atoms with Crippen molar-refractivity contribution in [2.75, 3.05) is 18.1 Å². The molecule has 2 aromatic heterocycles. The molecule has 4 N–H and O–H groups in total. The average molecular weight is 556 g/mol. The molecule has 2 amide bonds. The molecule has 172 valence electrons. The Hall–Kier alpha value is -3.15. The van der Waals surface area contributed by atoms with Gasteiger partial charge in [-0.15, -0.1) is 0 Å². The van der Waals surface area contributed by atoms with Crippen LogP contribution in [-0.4, -0.2) is 33.6 Å². The summed E-state index contributed by atoms with van der Waals surface area (Å²) in [7, 11) is 1.43. The third-order valence-electron chi connectivity index (χ3n) is 4.43. The predicted molar refractivity (Wildman–Crippen MR) is 128 cm³/mol. The maximum absolute atomic E-state index is 13.1. The number of rotatable bonds is 5. The Morgan fingerprint density at radius 3 is 2.52 bits per heavy atom. The number of nitrogens with one attached hydrogen (secondary N) is 2. The lowest BCUT2D eigenvalue weighted by Gasteiger charge is -2.15. The highest BCUT2D eigenvalue weighted by Gasteiger charge is 2.22. The number of amides is 2. The summed E-state index contributed by atoms with van der Waals surface area (Å²) in [5.74, 6) is -1.10. The van der Waals surface area contributed by atoms with Crippen LogP contribution in [0.5, 0.6) is 0 Å². The zero-order valence-electron chi connectivity index (χ0n) is 17.2. The lowest BCUT2D eigenvalue weighted by Crippen LogP contribution is -2.31. The molecule has 0 saturated carbocycles. The highest BCUT2D eigenvalue weighted by atomic mass is 79.9. The minimum atomic E-state index is -0.817. The molecule has 0 unspecified atom stereocenters. The first-order valence-electron chi connectivity index (χ1n) is 9.29. The van der Waals surface area contributed by atoms with Gasteiger partial charge < -0.3 is 21.1 Å². The normalized spacial score (nSPS) is 11.5. The molecule has 3 rings (SSSR count). The Bertz CT molecular complexity index is 1280. The Balaban J connectivity index is 1.95. The van der Waals surface area contributed by atoms with Crippen LogP contribution in [0.15, 0.2) is 46.2 Å². The van der Waals surface area contributed by atoms with Crippen LogP contribution in [0.4, 0.5) is 16.3 Å². The van der Waals surface area contributed by atoms with Crippen molar-refractivity contribution in [1.29, 1.82) is 0 Å². The van der Waals surface area contributed by atoms with E-state index in [0.29, 0.717) is 10.0 Å². The van der Waals surface area contributed by atoms with Crippen LogP contribution in [-0.2, 0) is 4.74 Å². The number of hydrogen-bond donors (Lipinski definition) is 3. The van der Waals surface area contributed by atoms with Crippen molar-refractivity contribution in [1.82, 2.24) is 19.9 Å². The molecule has 0 spiro atoms. The number of halogens is 3. The van der Waals surface area contributed by atoms with Gasteiger partial charge in [0.2, 0.25) is 0 Å². The van der Waals surface area contributed by atoms with Crippen molar-refractivity contribution in [2.24, 2.45) is 0 Å². The average Bonchev–Trinajstić information content (AvgIpc) is 2.74. The van der Waals surface area contributed by atoms with E-state index in [9.17, 15) is 14.4 Å². The summed E-state index contributed by atoms with van der Waals surface area (Å²) in [6.07, 6.45) is 2.71. The van der Waals surface area contributed by atoms with E-state index in [-0.39, 0.29) is 27.2 Å². The molecule has 0 bridgehead atoms. The largest absolute Gasteiger partial charge is 0.442 e. The maximum Gasteiger partial charge on any atom is 0.407 e. The maximum atomic E-state index is 13.1. The van der Waals surface area contributed by atoms with Gasteiger partial charge in [-0.05, 0) is 25.1 Å². The third-order valence-corrected chi connectivity index (χ3v) is 5.46. The Labute approximate surface area is 206 Å². The zero-order chi connectivity index (χ0) is 24.3. The first kappa shape index (κ1) is 24.5. The molecule has 0 aliphatic rings. The molecule has 13 heteroatoms. The van der Waals surface area contributed by atoms with Crippen LogP contribution >= 0.6 is 39.1 Å². The standard InChI is InChI=1S/C20H17BrCl2N6O4/c1-9(33-20(32)25-2)10-3-12(7-26-6-10)28-18(30)15-17(24)27-8-29(19(15)31)16-13(22)4-11(21)5-14(16)23/h3-9H,24H2,1-2H3,(H,25,32)(H,28,30)/t9-/m0/s1. The highest BCUT2D eigenvalue weighted by molar-refractivity contribution is 9.10. The Kier molecular flexibility index (Phi) is 7.57. The number of pyridine rings is 1. The molecule has 3 aromatic rings. The van der Waals surface area contributed by atoms with E-state index in [1.807, 2.05) is 0 Å². The number of carbonyl (C=O) groups is 2. The third kappa shape index (κ3) is 5.44. The number of benzene rings is 1. The molecule has 0 aliphatic carbocycles. The van der Waals surface area contributed by atoms with Crippen LogP contribution in [0, 0.1) is 0 Å². The van der Waals surface area contributed by atoms with Gasteiger partial charge in [0.1, 0.15) is 23.8 Å². The number of nitrogens with zero attached hydrogens (tertiary/aromatic N) is 3. The lowest BCUT2D eigenvalue weighted by molar-refractivity contribution is 0.102. The van der Waals surface area contributed by atoms with Gasteiger partial charge in [-0.25, -0.2) is 9.78 Å². The topological polar surface area (TPSA) is 141 Å². The summed E-state index contributed by atoms with van der Waals surface area (Å²) >= 11 is 15.8. The van der Waals surface area contributed by atoms with Gasteiger partial charge in [0.05, 0.1) is 27.6 Å². The number of ether oxygens (including phenoxy) is 1. The van der Waals surface area contributed by atoms with Gasteiger partial charge in [0, 0.05) is 23.3 Å². The van der Waals surface area contributed by atoms with Crippen LogP contribution in [0.1, 0.15) is 28.9 Å². The van der Waals surface area contributed by atoms with Gasteiger partial charge in [0.15, 0.2) is 0 Å². The Morgan fingerprint density at radius 2 is 1.88 bits per heavy atom. The van der Waals surface area contributed by atoms with Crippen LogP contribution in [0.3, 0.4) is 0 Å². The van der Waals surface area contributed by atoms with Crippen molar-refractivity contribution in [3.05, 3.63) is 72.9 Å². The van der Waals surface area contributed by atoms with Crippen molar-refractivity contribution in [3.8, 4) is 5.69 Å². The van der Waals surface area contributed by atoms with Crippen molar-refractivity contribution >= 4 is 62.6 Å². The monoisotopic (exact) mass is 554 g/mol. The second kappa shape index (κ2) is 10.2. The van der Waals surface area contributed by atoms with Crippen molar-refractivity contribution in [3.63, 3.8) is 0 Å². The number of carbonyl (C=O) groups excluding carboxylic acids is 2. The molecule has 1 aromatic carbocycles. The van der Waals surface area contributed by atoms with Gasteiger partial charge >= 0.3 is 6.09 Å². The van der Waals surface area contributed by atoms with Gasteiger partial charge in [-0.1, -0.05) is 39.1 Å². The van der Waals surface area contributed by atoms with Crippen LogP contribution < -0.4 is 21.9 Å². The molecular weight excluding hydrogens is 539 g/mol. The van der Waals surface area contributed by atoms with Gasteiger partial charge in [-0.3, -0.25) is 19.1 Å². The smallest absolute Gasteiger partial charge is 0.407 e. The molecule has 2 heterocycles. The van der Waals surface area contributed by atoms with E-state index in [0.717, 1.165) is 10.9 Å². The lowest BCUT2D eigenvalue weighted by atomic mass is 10.1. The molecule has 1 atom stereocenters. The fraction of sp³-hybridized carbons (Fsp3) is 0.150. The van der Waals surface area contributed by atoms with E-state index < -0.39 is 29.2 Å². The minimum Gasteiger partial charge on any atom is -0.442 e. The highest BCUT2D eigenvalue weighted by Crippen LogP contribution is 2.31. The van der Waals surface area contributed by atoms with Gasteiger partial charge in [0.25, 0.3) is 11.5 Å². The van der Waals surface area contributed by atoms with E-state index in [1.165, 1.54) is 19.4 Å². The minimum absolute atomic E-state index is 0.150. The number of anilines is 2. The molecule has 0 fully saturated rings. The van der Waals surface area contributed by atoms with Crippen molar-refractivity contribution in [2.45, 2.75) is 13.0 Å². The molecule has 33 heavy (non-hydrogen) atoms. The first-order valence-corrected chi connectivity index (χ1v) is 10.8. The summed E-state index contributed by atoms with van der Waals surface area (Å²) in [6.45, 7) is 1.64. The first-order chi connectivity index (χ1) is 15.6.